The molecule has 2 aromatic carbocycles. The number of aromatic nitrogens is 2. The van der Waals surface area contributed by atoms with E-state index < -0.39 is 6.04 Å². The van der Waals surface area contributed by atoms with Gasteiger partial charge < -0.3 is 19.9 Å². The van der Waals surface area contributed by atoms with Gasteiger partial charge in [-0.05, 0) is 41.3 Å². The zero-order valence-electron chi connectivity index (χ0n) is 17.6. The Bertz CT molecular complexity index is 985. The largest absolute Gasteiger partial charge is 0.497 e. The molecule has 1 aromatic heterocycles. The van der Waals surface area contributed by atoms with Gasteiger partial charge in [0.25, 0.3) is 0 Å². The molecule has 30 heavy (non-hydrogen) atoms. The number of carbonyl (C=O) groups is 1. The third-order valence-electron chi connectivity index (χ3n) is 5.00. The highest BCUT2D eigenvalue weighted by atomic mass is 35.5. The first kappa shape index (κ1) is 21.7. The fourth-order valence-corrected chi connectivity index (χ4v) is 3.52. The Balaban J connectivity index is 1.85. The average Bonchev–Trinajstić information content (AvgIpc) is 3.16. The van der Waals surface area contributed by atoms with Gasteiger partial charge >= 0.3 is 6.03 Å². The number of benzene rings is 2. The van der Waals surface area contributed by atoms with Crippen molar-refractivity contribution in [2.75, 3.05) is 7.11 Å². The van der Waals surface area contributed by atoms with Crippen LogP contribution in [0.5, 0.6) is 5.75 Å². The molecule has 6 nitrogen and oxygen atoms in total. The smallest absolute Gasteiger partial charge is 0.316 e. The van der Waals surface area contributed by atoms with E-state index in [1.54, 1.807) is 13.3 Å². The first-order valence-corrected chi connectivity index (χ1v) is 10.2. The second-order valence-electron chi connectivity index (χ2n) is 7.50. The van der Waals surface area contributed by atoms with E-state index in [-0.39, 0.29) is 18.0 Å². The number of imidazole rings is 1. The quantitative estimate of drug-likeness (QED) is 0.566. The van der Waals surface area contributed by atoms with Gasteiger partial charge in [-0.15, -0.1) is 0 Å². The lowest BCUT2D eigenvalue weighted by atomic mass is 9.96. The molecule has 0 fully saturated rings. The van der Waals surface area contributed by atoms with E-state index in [2.05, 4.69) is 29.5 Å². The molecule has 0 radical (unpaired) electrons. The minimum Gasteiger partial charge on any atom is -0.497 e. The lowest BCUT2D eigenvalue weighted by Crippen LogP contribution is -2.42. The van der Waals surface area contributed by atoms with Crippen LogP contribution in [0.15, 0.2) is 60.9 Å². The molecule has 0 unspecified atom stereocenters. The summed E-state index contributed by atoms with van der Waals surface area (Å²) in [6.07, 6.45) is 3.57. The van der Waals surface area contributed by atoms with Crippen molar-refractivity contribution in [3.8, 4) is 5.75 Å². The van der Waals surface area contributed by atoms with Crippen molar-refractivity contribution in [2.24, 2.45) is 13.0 Å². The number of rotatable bonds is 7. The van der Waals surface area contributed by atoms with Crippen molar-refractivity contribution in [2.45, 2.75) is 25.9 Å². The average molecular weight is 427 g/mol. The Morgan fingerprint density at radius 3 is 2.43 bits per heavy atom. The van der Waals surface area contributed by atoms with Crippen LogP contribution in [0.2, 0.25) is 5.02 Å². The van der Waals surface area contributed by atoms with Crippen LogP contribution < -0.4 is 15.4 Å². The van der Waals surface area contributed by atoms with Gasteiger partial charge in [0, 0.05) is 24.5 Å². The molecule has 0 saturated heterocycles. The molecule has 0 saturated carbocycles. The summed E-state index contributed by atoms with van der Waals surface area (Å²) in [5.74, 6) is 1.64. The number of nitrogens with zero attached hydrogens (tertiary/aromatic N) is 2. The molecular weight excluding hydrogens is 400 g/mol. The molecule has 2 amide bonds. The van der Waals surface area contributed by atoms with E-state index in [1.165, 1.54) is 0 Å². The molecular formula is C23H27ClN4O2. The maximum atomic E-state index is 13.0. The summed E-state index contributed by atoms with van der Waals surface area (Å²) < 4.78 is 7.25. The second-order valence-corrected chi connectivity index (χ2v) is 7.93. The SMILES string of the molecule is COc1cccc([C@@H](NC(=O)N[C@@H](c2ccc(Cl)cc2)C(C)C)c2nccn2C)c1. The Morgan fingerprint density at radius 1 is 1.10 bits per heavy atom. The van der Waals surface area contributed by atoms with Gasteiger partial charge in [-0.25, -0.2) is 9.78 Å². The molecule has 3 aromatic rings. The first-order valence-electron chi connectivity index (χ1n) is 9.82. The zero-order chi connectivity index (χ0) is 21.7. The van der Waals surface area contributed by atoms with E-state index in [4.69, 9.17) is 16.3 Å². The van der Waals surface area contributed by atoms with Crippen LogP contribution in [0.25, 0.3) is 0 Å². The Morgan fingerprint density at radius 2 is 1.83 bits per heavy atom. The van der Waals surface area contributed by atoms with E-state index in [0.717, 1.165) is 22.7 Å². The van der Waals surface area contributed by atoms with Crippen molar-refractivity contribution >= 4 is 17.6 Å². The number of halogens is 1. The summed E-state index contributed by atoms with van der Waals surface area (Å²) in [5, 5.41) is 6.85. The van der Waals surface area contributed by atoms with Gasteiger partial charge in [-0.2, -0.15) is 0 Å². The molecule has 1 heterocycles. The summed E-state index contributed by atoms with van der Waals surface area (Å²) in [4.78, 5) is 17.5. The molecule has 0 bridgehead atoms. The van der Waals surface area contributed by atoms with Crippen molar-refractivity contribution in [3.63, 3.8) is 0 Å². The number of carbonyl (C=O) groups excluding carboxylic acids is 1. The van der Waals surface area contributed by atoms with Gasteiger partial charge in [0.1, 0.15) is 17.6 Å². The zero-order valence-corrected chi connectivity index (χ0v) is 18.4. The standard InChI is InChI=1S/C23H27ClN4O2/c1-15(2)20(16-8-10-18(24)11-9-16)26-23(29)27-21(22-25-12-13-28(22)3)17-6-5-7-19(14-17)30-4/h5-15,20-21H,1-4H3,(H2,26,27,29)/t20-,21-/m1/s1. The van der Waals surface area contributed by atoms with E-state index in [0.29, 0.717) is 5.02 Å². The van der Waals surface area contributed by atoms with Crippen LogP contribution in [0.4, 0.5) is 4.79 Å². The van der Waals surface area contributed by atoms with Crippen molar-refractivity contribution in [1.29, 1.82) is 0 Å². The summed E-state index contributed by atoms with van der Waals surface area (Å²) in [7, 11) is 3.52. The summed E-state index contributed by atoms with van der Waals surface area (Å²) in [5.41, 5.74) is 1.88. The monoisotopic (exact) mass is 426 g/mol. The van der Waals surface area contributed by atoms with Gasteiger partial charge in [-0.3, -0.25) is 0 Å². The predicted molar refractivity (Wildman–Crippen MR) is 119 cm³/mol. The topological polar surface area (TPSA) is 68.2 Å². The van der Waals surface area contributed by atoms with Gasteiger partial charge in [0.05, 0.1) is 13.2 Å². The highest BCUT2D eigenvalue weighted by Gasteiger charge is 2.24. The summed E-state index contributed by atoms with van der Waals surface area (Å²) in [6.45, 7) is 4.13. The van der Waals surface area contributed by atoms with Crippen LogP contribution in [0.1, 0.15) is 42.9 Å². The number of hydrogen-bond acceptors (Lipinski definition) is 3. The molecule has 158 valence electrons. The number of aryl methyl sites for hydroxylation is 1. The van der Waals surface area contributed by atoms with Crippen LogP contribution in [-0.2, 0) is 7.05 Å². The van der Waals surface area contributed by atoms with Crippen LogP contribution in [0, 0.1) is 5.92 Å². The molecule has 2 N–H and O–H groups in total. The number of nitrogens with one attached hydrogen (secondary N) is 2. The fourth-order valence-electron chi connectivity index (χ4n) is 3.39. The number of methoxy groups -OCH3 is 1. The van der Waals surface area contributed by atoms with Gasteiger partial charge in [0.15, 0.2) is 0 Å². The van der Waals surface area contributed by atoms with Crippen LogP contribution in [0.3, 0.4) is 0 Å². The molecule has 0 aliphatic carbocycles. The lowest BCUT2D eigenvalue weighted by Gasteiger charge is -2.26. The van der Waals surface area contributed by atoms with Crippen molar-refractivity contribution in [1.82, 2.24) is 20.2 Å². The highest BCUT2D eigenvalue weighted by molar-refractivity contribution is 6.30. The molecule has 0 spiro atoms. The Labute approximate surface area is 182 Å². The number of ether oxygens (including phenoxy) is 1. The highest BCUT2D eigenvalue weighted by Crippen LogP contribution is 2.26. The minimum atomic E-state index is -0.432. The molecule has 7 heteroatoms. The first-order chi connectivity index (χ1) is 14.4. The molecule has 2 atom stereocenters. The second kappa shape index (κ2) is 9.67. The van der Waals surface area contributed by atoms with E-state index in [9.17, 15) is 4.79 Å². The lowest BCUT2D eigenvalue weighted by molar-refractivity contribution is 0.230. The third-order valence-corrected chi connectivity index (χ3v) is 5.25. The van der Waals surface area contributed by atoms with E-state index >= 15 is 0 Å². The summed E-state index contributed by atoms with van der Waals surface area (Å²) in [6, 6.07) is 14.3. The van der Waals surface area contributed by atoms with Gasteiger partial charge in [-0.1, -0.05) is 49.7 Å². The molecule has 3 rings (SSSR count). The third kappa shape index (κ3) is 5.13. The predicted octanol–water partition coefficient (Wildman–Crippen LogP) is 4.87. The van der Waals surface area contributed by atoms with Crippen molar-refractivity contribution < 1.29 is 9.53 Å². The maximum absolute atomic E-state index is 13.0. The Kier molecular flexibility index (Phi) is 7.00. The fraction of sp³-hybridized carbons (Fsp3) is 0.304. The number of hydrogen-bond donors (Lipinski definition) is 2. The number of amides is 2. The van der Waals surface area contributed by atoms with Crippen LogP contribution in [-0.4, -0.2) is 22.7 Å². The maximum Gasteiger partial charge on any atom is 0.316 e. The van der Waals surface area contributed by atoms with Gasteiger partial charge in [0.2, 0.25) is 0 Å². The van der Waals surface area contributed by atoms with Crippen LogP contribution >= 0.6 is 11.6 Å². The summed E-state index contributed by atoms with van der Waals surface area (Å²) >= 11 is 6.02. The Hall–Kier alpha value is -2.99. The normalized spacial score (nSPS) is 13.0. The van der Waals surface area contributed by atoms with Crippen molar-refractivity contribution in [3.05, 3.63) is 82.9 Å². The molecule has 0 aliphatic rings. The van der Waals surface area contributed by atoms with E-state index in [1.807, 2.05) is 66.3 Å². The number of urea groups is 1. The minimum absolute atomic E-state index is 0.158. The molecule has 0 aliphatic heterocycles.